The van der Waals surface area contributed by atoms with Gasteiger partial charge in [0.1, 0.15) is 11.1 Å². The van der Waals surface area contributed by atoms with Crippen LogP contribution in [0.1, 0.15) is 28.1 Å². The maximum Gasteiger partial charge on any atom is 0.131 e. The van der Waals surface area contributed by atoms with E-state index in [0.717, 1.165) is 10.6 Å². The van der Waals surface area contributed by atoms with Crippen LogP contribution < -0.4 is 0 Å². The third kappa shape index (κ3) is 3.18. The first-order valence-electron chi connectivity index (χ1n) is 4.87. The van der Waals surface area contributed by atoms with E-state index in [2.05, 4.69) is 15.0 Å². The molecule has 0 fully saturated rings. The van der Waals surface area contributed by atoms with E-state index in [-0.39, 0.29) is 13.0 Å². The quantitative estimate of drug-likeness (QED) is 0.468. The van der Waals surface area contributed by atoms with Crippen molar-refractivity contribution in [3.05, 3.63) is 26.0 Å². The molecule has 0 aliphatic rings. The van der Waals surface area contributed by atoms with Crippen LogP contribution in [-0.2, 0) is 0 Å². The Kier molecular flexibility index (Phi) is 4.70. The van der Waals surface area contributed by atoms with Crippen molar-refractivity contribution in [1.82, 2.24) is 4.98 Å². The number of aryl methyl sites for hydroxylation is 2. The van der Waals surface area contributed by atoms with Gasteiger partial charge in [0.15, 0.2) is 0 Å². The topological polar surface area (TPSA) is 102 Å². The molecule has 0 amide bonds. The molecular weight excluding hydrogens is 228 g/mol. The third-order valence-electron chi connectivity index (χ3n) is 2.25. The first kappa shape index (κ1) is 12.9. The summed E-state index contributed by atoms with van der Waals surface area (Å²) < 4.78 is 0. The number of aliphatic hydroxyl groups is 2. The highest BCUT2D eigenvalue weighted by Crippen LogP contribution is 2.25. The van der Waals surface area contributed by atoms with Gasteiger partial charge in [-0.2, -0.15) is 0 Å². The van der Waals surface area contributed by atoms with Crippen molar-refractivity contribution in [3.63, 3.8) is 0 Å². The molecule has 7 heteroatoms. The van der Waals surface area contributed by atoms with Crippen LogP contribution in [0, 0.1) is 13.8 Å². The van der Waals surface area contributed by atoms with Gasteiger partial charge >= 0.3 is 0 Å². The van der Waals surface area contributed by atoms with E-state index in [1.54, 1.807) is 0 Å². The van der Waals surface area contributed by atoms with Crippen LogP contribution in [0.25, 0.3) is 10.4 Å². The zero-order chi connectivity index (χ0) is 12.1. The van der Waals surface area contributed by atoms with E-state index in [0.29, 0.717) is 5.01 Å². The van der Waals surface area contributed by atoms with Crippen LogP contribution >= 0.6 is 11.3 Å². The Morgan fingerprint density at radius 3 is 2.69 bits per heavy atom. The summed E-state index contributed by atoms with van der Waals surface area (Å²) >= 11 is 1.37. The number of rotatable bonds is 5. The Morgan fingerprint density at radius 2 is 2.19 bits per heavy atom. The van der Waals surface area contributed by atoms with Gasteiger partial charge in [-0.05, 0) is 25.8 Å². The second-order valence-electron chi connectivity index (χ2n) is 3.45. The van der Waals surface area contributed by atoms with Crippen LogP contribution in [0.15, 0.2) is 5.11 Å². The molecule has 0 aliphatic heterocycles. The van der Waals surface area contributed by atoms with E-state index in [4.69, 9.17) is 5.53 Å². The first-order chi connectivity index (χ1) is 7.56. The normalized spacial score (nSPS) is 14.2. The second kappa shape index (κ2) is 5.81. The molecular formula is C9H14N4O2S. The molecule has 0 saturated carbocycles. The maximum absolute atomic E-state index is 9.79. The van der Waals surface area contributed by atoms with Gasteiger partial charge in [-0.25, -0.2) is 4.98 Å². The summed E-state index contributed by atoms with van der Waals surface area (Å²) in [6.45, 7) is 3.93. The molecule has 0 bridgehead atoms. The molecule has 1 aromatic heterocycles. The molecule has 0 aliphatic carbocycles. The molecule has 2 N–H and O–H groups in total. The van der Waals surface area contributed by atoms with Gasteiger partial charge in [-0.1, -0.05) is 5.11 Å². The lowest BCUT2D eigenvalue weighted by Gasteiger charge is -2.14. The summed E-state index contributed by atoms with van der Waals surface area (Å²) in [5, 5.41) is 23.2. The Labute approximate surface area is 97.2 Å². The Hall–Kier alpha value is -1.14. The number of aromatic nitrogens is 1. The van der Waals surface area contributed by atoms with Crippen molar-refractivity contribution in [2.24, 2.45) is 5.11 Å². The minimum absolute atomic E-state index is 0.165. The van der Waals surface area contributed by atoms with E-state index in [1.807, 2.05) is 13.8 Å². The monoisotopic (exact) mass is 242 g/mol. The van der Waals surface area contributed by atoms with Crippen LogP contribution in [0.4, 0.5) is 0 Å². The molecule has 1 rings (SSSR count). The van der Waals surface area contributed by atoms with Crippen molar-refractivity contribution in [2.75, 3.05) is 6.54 Å². The Morgan fingerprint density at radius 1 is 1.50 bits per heavy atom. The molecule has 1 heterocycles. The molecule has 0 radical (unpaired) electrons. The van der Waals surface area contributed by atoms with E-state index < -0.39 is 12.2 Å². The zero-order valence-electron chi connectivity index (χ0n) is 9.16. The predicted octanol–water partition coefficient (Wildman–Crippen LogP) is 1.85. The molecule has 88 valence electrons. The molecule has 2 atom stereocenters. The minimum atomic E-state index is -1.01. The smallest absolute Gasteiger partial charge is 0.131 e. The molecule has 2 unspecified atom stereocenters. The van der Waals surface area contributed by atoms with Crippen LogP contribution in [0.5, 0.6) is 0 Å². The minimum Gasteiger partial charge on any atom is -0.390 e. The van der Waals surface area contributed by atoms with Crippen molar-refractivity contribution in [3.8, 4) is 0 Å². The van der Waals surface area contributed by atoms with Gasteiger partial charge in [-0.15, -0.1) is 11.3 Å². The van der Waals surface area contributed by atoms with Crippen molar-refractivity contribution >= 4 is 11.3 Å². The summed E-state index contributed by atoms with van der Waals surface area (Å²) in [6, 6.07) is 0. The summed E-state index contributed by atoms with van der Waals surface area (Å²) in [5.74, 6) is 0. The van der Waals surface area contributed by atoms with Crippen LogP contribution in [0.2, 0.25) is 0 Å². The average molecular weight is 242 g/mol. The molecule has 0 saturated heterocycles. The molecule has 0 spiro atoms. The largest absolute Gasteiger partial charge is 0.390 e. The fourth-order valence-electron chi connectivity index (χ4n) is 1.18. The summed E-state index contributed by atoms with van der Waals surface area (Å²) in [7, 11) is 0. The average Bonchev–Trinajstić information content (AvgIpc) is 2.58. The molecule has 6 nitrogen and oxygen atoms in total. The van der Waals surface area contributed by atoms with Crippen molar-refractivity contribution < 1.29 is 10.2 Å². The maximum atomic E-state index is 9.79. The van der Waals surface area contributed by atoms with E-state index >= 15 is 0 Å². The van der Waals surface area contributed by atoms with E-state index in [1.165, 1.54) is 11.3 Å². The van der Waals surface area contributed by atoms with Crippen LogP contribution in [0.3, 0.4) is 0 Å². The fourth-order valence-corrected chi connectivity index (χ4v) is 2.15. The summed E-state index contributed by atoms with van der Waals surface area (Å²) in [4.78, 5) is 7.77. The number of thiazole rings is 1. The highest BCUT2D eigenvalue weighted by molar-refractivity contribution is 7.11. The van der Waals surface area contributed by atoms with Crippen LogP contribution in [-0.4, -0.2) is 27.8 Å². The molecule has 0 aromatic carbocycles. The standard InChI is InChI=1S/C9H14N4O2S/c1-5-6(2)16-9(12-5)8(15)7(14)3-4-11-13-10/h7-8,14-15H,3-4H2,1-2H3. The lowest BCUT2D eigenvalue weighted by atomic mass is 10.1. The van der Waals surface area contributed by atoms with Gasteiger partial charge in [-0.3, -0.25) is 0 Å². The van der Waals surface area contributed by atoms with Gasteiger partial charge < -0.3 is 10.2 Å². The molecule has 16 heavy (non-hydrogen) atoms. The second-order valence-corrected chi connectivity index (χ2v) is 4.68. The Bertz CT molecular complexity index is 381. The number of aliphatic hydroxyl groups excluding tert-OH is 2. The number of hydrogen-bond acceptors (Lipinski definition) is 5. The fraction of sp³-hybridized carbons (Fsp3) is 0.667. The lowest BCUT2D eigenvalue weighted by Crippen LogP contribution is -2.18. The number of azide groups is 1. The first-order valence-corrected chi connectivity index (χ1v) is 5.68. The van der Waals surface area contributed by atoms with Crippen molar-refractivity contribution in [2.45, 2.75) is 32.5 Å². The predicted molar refractivity (Wildman–Crippen MR) is 61.2 cm³/mol. The summed E-state index contributed by atoms with van der Waals surface area (Å²) in [5.41, 5.74) is 8.94. The highest BCUT2D eigenvalue weighted by Gasteiger charge is 2.21. The zero-order valence-corrected chi connectivity index (χ0v) is 9.98. The third-order valence-corrected chi connectivity index (χ3v) is 3.39. The lowest BCUT2D eigenvalue weighted by molar-refractivity contribution is 0.0148. The number of hydrogen-bond donors (Lipinski definition) is 2. The van der Waals surface area contributed by atoms with Gasteiger partial charge in [0.2, 0.25) is 0 Å². The van der Waals surface area contributed by atoms with Gasteiger partial charge in [0, 0.05) is 16.3 Å². The van der Waals surface area contributed by atoms with Crippen molar-refractivity contribution in [1.29, 1.82) is 0 Å². The highest BCUT2D eigenvalue weighted by atomic mass is 32.1. The molecule has 1 aromatic rings. The number of nitrogens with zero attached hydrogens (tertiary/aromatic N) is 4. The van der Waals surface area contributed by atoms with Gasteiger partial charge in [0.25, 0.3) is 0 Å². The van der Waals surface area contributed by atoms with Gasteiger partial charge in [0.05, 0.1) is 11.8 Å². The summed E-state index contributed by atoms with van der Waals surface area (Å²) in [6.07, 6.45) is -1.73. The van der Waals surface area contributed by atoms with E-state index in [9.17, 15) is 10.2 Å². The SMILES string of the molecule is Cc1nc(C(O)C(O)CCN=[N+]=[N-])sc1C. The Balaban J connectivity index is 2.62.